The molecule has 3 aliphatic heterocycles. The van der Waals surface area contributed by atoms with Crippen LogP contribution in [0.3, 0.4) is 0 Å². The molecule has 2 fully saturated rings. The molecule has 3 aromatic carbocycles. The van der Waals surface area contributed by atoms with Gasteiger partial charge in [-0.3, -0.25) is 10.2 Å². The molecule has 3 atom stereocenters. The van der Waals surface area contributed by atoms with E-state index < -0.39 is 62.6 Å². The maximum Gasteiger partial charge on any atom is 0.418 e. The molecule has 9 rings (SSSR count). The van der Waals surface area contributed by atoms with E-state index >= 15 is 17.6 Å². The Labute approximate surface area is 438 Å². The van der Waals surface area contributed by atoms with Crippen molar-refractivity contribution < 1.29 is 50.8 Å². The van der Waals surface area contributed by atoms with Crippen LogP contribution in [0.25, 0.3) is 22.2 Å². The van der Waals surface area contributed by atoms with Crippen molar-refractivity contribution in [1.29, 1.82) is 0 Å². The lowest BCUT2D eigenvalue weighted by atomic mass is 9.94. The van der Waals surface area contributed by atoms with E-state index in [0.29, 0.717) is 30.1 Å². The summed E-state index contributed by atoms with van der Waals surface area (Å²) in [5.74, 6) is 0.366. The number of pyridine rings is 2. The standard InChI is InChI=1S/C55H61ClF4N8O7/c1-9-72-38-27-54(21-11-23-67(54)30-38)31-74-51-63-47-42-48(73-25-24-68(50(42)65-51)33(3)39-12-10-22-61-49(39)64-52(69)75-53(4,5)6)44(56)41(45(47)57)46-43(55(58,59)60)32(2)26-40(62-46)66(28-34-13-17-36(70-7)18-14-34)29-35-15-19-37(71-8)20-16-35/h10,12-20,22,26,33,38H,9,11,21,23-25,27-31H2,1-8H3,(H,61,64,69)/t33-,38-,54+/m1/s1. The summed E-state index contributed by atoms with van der Waals surface area (Å²) in [6, 6.07) is 18.5. The molecule has 75 heavy (non-hydrogen) atoms. The summed E-state index contributed by atoms with van der Waals surface area (Å²) in [4.78, 5) is 37.9. The molecule has 1 amide bonds. The van der Waals surface area contributed by atoms with Crippen molar-refractivity contribution in [2.45, 2.75) is 103 Å². The van der Waals surface area contributed by atoms with Crippen molar-refractivity contribution in [3.8, 4) is 34.5 Å². The number of hydrogen-bond acceptors (Lipinski definition) is 14. The summed E-state index contributed by atoms with van der Waals surface area (Å²) in [6.07, 6.45) is -1.80. The summed E-state index contributed by atoms with van der Waals surface area (Å²) in [5.41, 5.74) is -2.29. The molecule has 6 heterocycles. The predicted molar refractivity (Wildman–Crippen MR) is 278 cm³/mol. The second kappa shape index (κ2) is 21.5. The first-order valence-electron chi connectivity index (χ1n) is 25.0. The highest BCUT2D eigenvalue weighted by Gasteiger charge is 2.50. The zero-order chi connectivity index (χ0) is 53.4. The molecule has 6 aromatic rings. The highest BCUT2D eigenvalue weighted by Crippen LogP contribution is 2.52. The third kappa shape index (κ3) is 11.2. The van der Waals surface area contributed by atoms with Gasteiger partial charge in [-0.15, -0.1) is 0 Å². The van der Waals surface area contributed by atoms with Crippen molar-refractivity contribution in [2.75, 3.05) is 68.8 Å². The van der Waals surface area contributed by atoms with Crippen LogP contribution in [0.5, 0.6) is 23.3 Å². The Bertz CT molecular complexity index is 3000. The molecule has 398 valence electrons. The molecule has 1 N–H and O–H groups in total. The summed E-state index contributed by atoms with van der Waals surface area (Å²) in [7, 11) is 3.11. The largest absolute Gasteiger partial charge is 0.497 e. The van der Waals surface area contributed by atoms with E-state index in [1.807, 2.05) is 43.0 Å². The van der Waals surface area contributed by atoms with E-state index in [1.165, 1.54) is 19.2 Å². The average Bonchev–Trinajstić information content (AvgIpc) is 3.84. The monoisotopic (exact) mass is 1060 g/mol. The van der Waals surface area contributed by atoms with Gasteiger partial charge in [0.05, 0.1) is 65.7 Å². The van der Waals surface area contributed by atoms with Crippen LogP contribution >= 0.6 is 11.6 Å². The molecule has 15 nitrogen and oxygen atoms in total. The number of carbonyl (C=O) groups excluding carboxylic acids is 1. The van der Waals surface area contributed by atoms with E-state index in [0.717, 1.165) is 37.1 Å². The van der Waals surface area contributed by atoms with Gasteiger partial charge in [-0.25, -0.2) is 19.2 Å². The second-order valence-corrected chi connectivity index (χ2v) is 20.5. The highest BCUT2D eigenvalue weighted by molar-refractivity contribution is 6.36. The van der Waals surface area contributed by atoms with Crippen LogP contribution < -0.4 is 34.1 Å². The third-order valence-electron chi connectivity index (χ3n) is 13.9. The van der Waals surface area contributed by atoms with Gasteiger partial charge < -0.3 is 38.2 Å². The number of nitrogens with one attached hydrogen (secondary N) is 1. The van der Waals surface area contributed by atoms with Crippen molar-refractivity contribution in [2.24, 2.45) is 0 Å². The van der Waals surface area contributed by atoms with Crippen LogP contribution in [0, 0.1) is 12.7 Å². The van der Waals surface area contributed by atoms with Gasteiger partial charge in [-0.2, -0.15) is 23.1 Å². The molecule has 0 radical (unpaired) electrons. The molecule has 0 saturated carbocycles. The topological polar surface area (TPSA) is 146 Å². The Hall–Kier alpha value is -6.70. The number of methoxy groups -OCH3 is 2. The fraction of sp³-hybridized carbons (Fsp3) is 0.436. The Kier molecular flexibility index (Phi) is 15.2. The lowest BCUT2D eigenvalue weighted by Crippen LogP contribution is -2.43. The first kappa shape index (κ1) is 53.1. The molecule has 0 unspecified atom stereocenters. The Morgan fingerprint density at radius 3 is 2.29 bits per heavy atom. The molecule has 0 aliphatic carbocycles. The molecular weight excluding hydrogens is 996 g/mol. The minimum atomic E-state index is -5.03. The number of anilines is 3. The summed E-state index contributed by atoms with van der Waals surface area (Å²) in [6.45, 7) is 13.0. The predicted octanol–water partition coefficient (Wildman–Crippen LogP) is 11.8. The molecule has 0 bridgehead atoms. The fourth-order valence-electron chi connectivity index (χ4n) is 10.5. The summed E-state index contributed by atoms with van der Waals surface area (Å²) < 4.78 is 101. The van der Waals surface area contributed by atoms with Gasteiger partial charge in [0.25, 0.3) is 0 Å². The van der Waals surface area contributed by atoms with Crippen LogP contribution in [-0.2, 0) is 28.7 Å². The van der Waals surface area contributed by atoms with Crippen LogP contribution in [0.4, 0.5) is 39.8 Å². The number of nitrogens with zero attached hydrogens (tertiary/aromatic N) is 7. The van der Waals surface area contributed by atoms with Gasteiger partial charge in [0.1, 0.15) is 53.3 Å². The first-order chi connectivity index (χ1) is 35.8. The first-order valence-corrected chi connectivity index (χ1v) is 25.3. The molecule has 3 aromatic heterocycles. The number of halogens is 5. The van der Waals surface area contributed by atoms with E-state index in [9.17, 15) is 4.79 Å². The van der Waals surface area contributed by atoms with Gasteiger partial charge in [0, 0.05) is 38.0 Å². The van der Waals surface area contributed by atoms with E-state index in [-0.39, 0.29) is 79.1 Å². The number of ether oxygens (including phenoxy) is 6. The van der Waals surface area contributed by atoms with Crippen LogP contribution in [-0.4, -0.2) is 102 Å². The van der Waals surface area contributed by atoms with Gasteiger partial charge in [-0.1, -0.05) is 41.9 Å². The number of rotatable bonds is 16. The van der Waals surface area contributed by atoms with Crippen molar-refractivity contribution in [3.63, 3.8) is 0 Å². The maximum absolute atomic E-state index is 18.4. The molecule has 0 spiro atoms. The van der Waals surface area contributed by atoms with Gasteiger partial charge in [-0.05, 0) is 120 Å². The number of fused-ring (bicyclic) bond motifs is 1. The zero-order valence-electron chi connectivity index (χ0n) is 43.2. The second-order valence-electron chi connectivity index (χ2n) is 20.1. The number of hydrogen-bond donors (Lipinski definition) is 1. The number of benzene rings is 3. The molecule has 3 aliphatic rings. The van der Waals surface area contributed by atoms with Gasteiger partial charge in [0.15, 0.2) is 11.6 Å². The smallest absolute Gasteiger partial charge is 0.418 e. The van der Waals surface area contributed by atoms with Crippen molar-refractivity contribution in [1.82, 2.24) is 24.8 Å². The summed E-state index contributed by atoms with van der Waals surface area (Å²) in [5, 5.41) is 2.31. The van der Waals surface area contributed by atoms with Crippen molar-refractivity contribution >= 4 is 46.1 Å². The Morgan fingerprint density at radius 1 is 0.987 bits per heavy atom. The maximum atomic E-state index is 18.4. The average molecular weight is 1060 g/mol. The summed E-state index contributed by atoms with van der Waals surface area (Å²) >= 11 is 7.29. The number of aryl methyl sites for hydroxylation is 1. The van der Waals surface area contributed by atoms with E-state index in [2.05, 4.69) is 15.2 Å². The normalized spacial score (nSPS) is 18.0. The van der Waals surface area contributed by atoms with Crippen LogP contribution in [0.15, 0.2) is 72.9 Å². The zero-order valence-corrected chi connectivity index (χ0v) is 44.0. The van der Waals surface area contributed by atoms with Crippen molar-refractivity contribution in [3.05, 3.63) is 112 Å². The van der Waals surface area contributed by atoms with Gasteiger partial charge >= 0.3 is 18.3 Å². The molecule has 2 saturated heterocycles. The number of carbonyl (C=O) groups is 1. The van der Waals surface area contributed by atoms with Crippen LogP contribution in [0.1, 0.15) is 87.7 Å². The quantitative estimate of drug-likeness (QED) is 0.0917. The van der Waals surface area contributed by atoms with E-state index in [4.69, 9.17) is 55.0 Å². The number of amides is 1. The lowest BCUT2D eigenvalue weighted by Gasteiger charge is -2.32. The molecule has 20 heteroatoms. The molecular formula is C55H61ClF4N8O7. The van der Waals surface area contributed by atoms with E-state index in [1.54, 1.807) is 76.3 Å². The van der Waals surface area contributed by atoms with Crippen LogP contribution in [0.2, 0.25) is 5.02 Å². The Balaban J connectivity index is 1.22. The van der Waals surface area contributed by atoms with Gasteiger partial charge in [0.2, 0.25) is 0 Å². The number of aromatic nitrogens is 4. The fourth-order valence-corrected chi connectivity index (χ4v) is 10.8. The number of alkyl halides is 3. The Morgan fingerprint density at radius 2 is 1.67 bits per heavy atom. The SMILES string of the molecule is CCO[C@H]1CN2CCC[C@@]2(COc2nc3c4c(c(Cl)c(-c5nc(N(Cc6ccc(OC)cc6)Cc6ccc(OC)cc6)cc(C)c5C(F)(F)F)c(F)c4n2)OCCN3[C@H](C)c2cccnc2NC(=O)OC(C)(C)C)C1. The third-order valence-corrected chi connectivity index (χ3v) is 14.3. The lowest BCUT2D eigenvalue weighted by molar-refractivity contribution is -0.137. The minimum absolute atomic E-state index is 0.00324. The minimum Gasteiger partial charge on any atom is -0.497 e. The highest BCUT2D eigenvalue weighted by atomic mass is 35.5.